The number of hydrogen-bond acceptors (Lipinski definition) is 5. The summed E-state index contributed by atoms with van der Waals surface area (Å²) in [6.45, 7) is 4.55. The molecule has 0 unspecified atom stereocenters. The van der Waals surface area contributed by atoms with Crippen molar-refractivity contribution in [1.82, 2.24) is 5.43 Å². The number of rotatable bonds is 8. The number of nitrogens with one attached hydrogen (secondary N) is 2. The first-order chi connectivity index (χ1) is 17.3. The maximum Gasteiger partial charge on any atom is 0.243 e. The number of anilines is 2. The van der Waals surface area contributed by atoms with Crippen LogP contribution in [0.15, 0.2) is 54.6 Å². The fraction of sp³-hybridized carbons (Fsp3) is 0.259. The zero-order chi connectivity index (χ0) is 25.8. The van der Waals surface area contributed by atoms with Gasteiger partial charge in [0.2, 0.25) is 11.8 Å². The second-order valence-corrected chi connectivity index (χ2v) is 9.47. The summed E-state index contributed by atoms with van der Waals surface area (Å²) < 4.78 is 11.3. The summed E-state index contributed by atoms with van der Waals surface area (Å²) in [7, 11) is 1.50. The molecule has 188 valence electrons. The fourth-order valence-corrected chi connectivity index (χ4v) is 4.42. The third kappa shape index (κ3) is 5.69. The van der Waals surface area contributed by atoms with E-state index >= 15 is 0 Å². The molecule has 2 N–H and O–H groups in total. The second kappa shape index (κ2) is 11.1. The first kappa shape index (κ1) is 25.7. The minimum absolute atomic E-state index is 0.0804. The average molecular weight is 528 g/mol. The van der Waals surface area contributed by atoms with E-state index in [1.54, 1.807) is 23.1 Å². The van der Waals surface area contributed by atoms with Gasteiger partial charge >= 0.3 is 0 Å². The summed E-state index contributed by atoms with van der Waals surface area (Å²) in [5, 5.41) is 0.894. The highest BCUT2D eigenvalue weighted by Gasteiger charge is 2.35. The SMILES string of the molecule is COc1cc(NNC(=O)[C@H]2CC(=O)N(c3ccc(C)c(C)c3)C2)cc(Cl)c1OCc1ccccc1Cl. The Morgan fingerprint density at radius 3 is 2.56 bits per heavy atom. The maximum absolute atomic E-state index is 12.8. The molecule has 0 saturated carbocycles. The highest BCUT2D eigenvalue weighted by atomic mass is 35.5. The van der Waals surface area contributed by atoms with Gasteiger partial charge < -0.3 is 14.4 Å². The van der Waals surface area contributed by atoms with E-state index in [4.69, 9.17) is 32.7 Å². The molecular formula is C27H27Cl2N3O4. The summed E-state index contributed by atoms with van der Waals surface area (Å²) in [5.41, 5.74) is 9.91. The minimum atomic E-state index is -0.484. The van der Waals surface area contributed by atoms with Crippen LogP contribution in [0.5, 0.6) is 11.5 Å². The van der Waals surface area contributed by atoms with E-state index in [9.17, 15) is 9.59 Å². The Hall–Kier alpha value is -3.42. The van der Waals surface area contributed by atoms with E-state index < -0.39 is 5.92 Å². The van der Waals surface area contributed by atoms with Gasteiger partial charge in [-0.05, 0) is 49.2 Å². The summed E-state index contributed by atoms with van der Waals surface area (Å²) in [5.74, 6) is -0.0983. The number of hydrogen-bond donors (Lipinski definition) is 2. The van der Waals surface area contributed by atoms with Gasteiger partial charge in [0, 0.05) is 35.3 Å². The number of methoxy groups -OCH3 is 1. The molecule has 7 nitrogen and oxygen atoms in total. The third-order valence-electron chi connectivity index (χ3n) is 6.19. The Labute approximate surface area is 220 Å². The normalized spacial score (nSPS) is 15.1. The quantitative estimate of drug-likeness (QED) is 0.367. The Balaban J connectivity index is 1.39. The lowest BCUT2D eigenvalue weighted by Gasteiger charge is -2.18. The number of ether oxygens (including phenoxy) is 2. The van der Waals surface area contributed by atoms with Crippen LogP contribution in [0.3, 0.4) is 0 Å². The Kier molecular flexibility index (Phi) is 7.91. The number of carbonyl (C=O) groups is 2. The van der Waals surface area contributed by atoms with Gasteiger partial charge in [-0.25, -0.2) is 0 Å². The molecule has 1 aliphatic rings. The van der Waals surface area contributed by atoms with E-state index in [0.29, 0.717) is 33.8 Å². The van der Waals surface area contributed by atoms with Gasteiger partial charge in [0.1, 0.15) is 6.61 Å². The Morgan fingerprint density at radius 2 is 1.83 bits per heavy atom. The predicted molar refractivity (Wildman–Crippen MR) is 142 cm³/mol. The molecule has 2 amide bonds. The molecule has 1 saturated heterocycles. The van der Waals surface area contributed by atoms with Crippen molar-refractivity contribution in [3.8, 4) is 11.5 Å². The summed E-state index contributed by atoms with van der Waals surface area (Å²) in [6.07, 6.45) is 0.138. The van der Waals surface area contributed by atoms with Crippen LogP contribution in [-0.4, -0.2) is 25.5 Å². The third-order valence-corrected chi connectivity index (χ3v) is 6.84. The lowest BCUT2D eigenvalue weighted by Crippen LogP contribution is -2.36. The van der Waals surface area contributed by atoms with Gasteiger partial charge in [-0.1, -0.05) is 47.5 Å². The number of carbonyl (C=O) groups excluding carboxylic acids is 2. The van der Waals surface area contributed by atoms with Gasteiger partial charge in [0.15, 0.2) is 11.5 Å². The summed E-state index contributed by atoms with van der Waals surface area (Å²) >= 11 is 12.7. The van der Waals surface area contributed by atoms with Crippen LogP contribution < -0.4 is 25.2 Å². The monoisotopic (exact) mass is 527 g/mol. The van der Waals surface area contributed by atoms with Crippen molar-refractivity contribution in [3.05, 3.63) is 81.3 Å². The molecule has 0 aliphatic carbocycles. The van der Waals surface area contributed by atoms with Gasteiger partial charge in [-0.3, -0.25) is 20.4 Å². The number of hydrazine groups is 1. The molecular weight excluding hydrogens is 501 g/mol. The van der Waals surface area contributed by atoms with Crippen LogP contribution in [0.4, 0.5) is 11.4 Å². The Bertz CT molecular complexity index is 1300. The largest absolute Gasteiger partial charge is 0.493 e. The average Bonchev–Trinajstić information content (AvgIpc) is 3.25. The van der Waals surface area contributed by atoms with Crippen LogP contribution >= 0.6 is 23.2 Å². The molecule has 9 heteroatoms. The zero-order valence-electron chi connectivity index (χ0n) is 20.2. The summed E-state index contributed by atoms with van der Waals surface area (Å²) in [4.78, 5) is 27.0. The molecule has 0 radical (unpaired) electrons. The highest BCUT2D eigenvalue weighted by molar-refractivity contribution is 6.32. The second-order valence-electron chi connectivity index (χ2n) is 8.66. The minimum Gasteiger partial charge on any atom is -0.493 e. The summed E-state index contributed by atoms with van der Waals surface area (Å²) in [6, 6.07) is 16.5. The van der Waals surface area contributed by atoms with Crippen molar-refractivity contribution in [1.29, 1.82) is 0 Å². The van der Waals surface area contributed by atoms with Crippen molar-refractivity contribution >= 4 is 46.4 Å². The predicted octanol–water partition coefficient (Wildman–Crippen LogP) is 5.69. The maximum atomic E-state index is 12.8. The van der Waals surface area contributed by atoms with Crippen molar-refractivity contribution in [2.75, 3.05) is 24.0 Å². The number of halogens is 2. The number of aryl methyl sites for hydroxylation is 2. The standard InChI is InChI=1S/C27H27Cl2N3O4/c1-16-8-9-21(10-17(16)2)32-14-19(11-25(32)33)27(34)31-30-20-12-23(29)26(24(13-20)35-3)36-15-18-6-4-5-7-22(18)28/h4-10,12-13,19,30H,11,14-15H2,1-3H3,(H,31,34)/t19-/m0/s1. The molecule has 0 spiro atoms. The molecule has 1 fully saturated rings. The van der Waals surface area contributed by atoms with Crippen LogP contribution in [0.1, 0.15) is 23.1 Å². The van der Waals surface area contributed by atoms with Crippen molar-refractivity contribution in [2.24, 2.45) is 5.92 Å². The topological polar surface area (TPSA) is 79.9 Å². The molecule has 3 aromatic rings. The van der Waals surface area contributed by atoms with E-state index in [1.807, 2.05) is 50.2 Å². The highest BCUT2D eigenvalue weighted by Crippen LogP contribution is 2.39. The first-order valence-corrected chi connectivity index (χ1v) is 12.2. The van der Waals surface area contributed by atoms with Crippen LogP contribution in [0.2, 0.25) is 10.0 Å². The number of amides is 2. The molecule has 0 aromatic heterocycles. The molecule has 4 rings (SSSR count). The molecule has 36 heavy (non-hydrogen) atoms. The molecule has 1 heterocycles. The van der Waals surface area contributed by atoms with E-state index in [-0.39, 0.29) is 24.8 Å². The van der Waals surface area contributed by atoms with Gasteiger partial charge in [0.05, 0.1) is 23.7 Å². The number of nitrogens with zero attached hydrogens (tertiary/aromatic N) is 1. The van der Waals surface area contributed by atoms with Crippen molar-refractivity contribution < 1.29 is 19.1 Å². The molecule has 3 aromatic carbocycles. The fourth-order valence-electron chi connectivity index (χ4n) is 3.96. The molecule has 0 bridgehead atoms. The van der Waals surface area contributed by atoms with Gasteiger partial charge in [-0.2, -0.15) is 0 Å². The number of benzene rings is 3. The van der Waals surface area contributed by atoms with Gasteiger partial charge in [-0.15, -0.1) is 0 Å². The van der Waals surface area contributed by atoms with Crippen LogP contribution in [-0.2, 0) is 16.2 Å². The van der Waals surface area contributed by atoms with Crippen LogP contribution in [0.25, 0.3) is 0 Å². The van der Waals surface area contributed by atoms with E-state index in [1.165, 1.54) is 7.11 Å². The Morgan fingerprint density at radius 1 is 1.06 bits per heavy atom. The van der Waals surface area contributed by atoms with Crippen LogP contribution in [0, 0.1) is 19.8 Å². The van der Waals surface area contributed by atoms with Crippen molar-refractivity contribution in [2.45, 2.75) is 26.9 Å². The molecule has 1 atom stereocenters. The lowest BCUT2D eigenvalue weighted by atomic mass is 10.1. The van der Waals surface area contributed by atoms with Gasteiger partial charge in [0.25, 0.3) is 0 Å². The molecule has 1 aliphatic heterocycles. The lowest BCUT2D eigenvalue weighted by molar-refractivity contribution is -0.125. The smallest absolute Gasteiger partial charge is 0.243 e. The van der Waals surface area contributed by atoms with E-state index in [0.717, 1.165) is 22.4 Å². The first-order valence-electron chi connectivity index (χ1n) is 11.4. The van der Waals surface area contributed by atoms with E-state index in [2.05, 4.69) is 10.9 Å². The zero-order valence-corrected chi connectivity index (χ0v) is 21.7. The van der Waals surface area contributed by atoms with Crippen molar-refractivity contribution in [3.63, 3.8) is 0 Å².